The second kappa shape index (κ2) is 9.26. The first-order chi connectivity index (χ1) is 13.9. The first-order valence-corrected chi connectivity index (χ1v) is 9.71. The molecule has 2 N–H and O–H groups in total. The molecular formula is C23H32N2O5. The highest BCUT2D eigenvalue weighted by atomic mass is 16.7. The molecular weight excluding hydrogens is 384 g/mol. The molecule has 0 radical (unpaired) electrons. The van der Waals surface area contributed by atoms with Gasteiger partial charge in [-0.25, -0.2) is 4.79 Å². The third kappa shape index (κ3) is 5.57. The highest BCUT2D eigenvalue weighted by Crippen LogP contribution is 2.37. The zero-order valence-electron chi connectivity index (χ0n) is 19.1. The lowest BCUT2D eigenvalue weighted by Gasteiger charge is -2.25. The lowest BCUT2D eigenvalue weighted by Crippen LogP contribution is -2.34. The van der Waals surface area contributed by atoms with Crippen LogP contribution in [0.3, 0.4) is 0 Å². The summed E-state index contributed by atoms with van der Waals surface area (Å²) in [5.41, 5.74) is 9.31. The van der Waals surface area contributed by atoms with E-state index >= 15 is 0 Å². The highest BCUT2D eigenvalue weighted by molar-refractivity contribution is 5.91. The van der Waals surface area contributed by atoms with Crippen molar-refractivity contribution >= 4 is 17.5 Å². The Morgan fingerprint density at radius 1 is 1.10 bits per heavy atom. The van der Waals surface area contributed by atoms with E-state index in [1.807, 2.05) is 47.6 Å². The second-order valence-electron chi connectivity index (χ2n) is 8.18. The Morgan fingerprint density at radius 3 is 2.37 bits per heavy atom. The first-order valence-electron chi connectivity index (χ1n) is 9.71. The van der Waals surface area contributed by atoms with Crippen LogP contribution in [-0.2, 0) is 9.47 Å². The normalized spacial score (nSPS) is 11.2. The number of aryl methyl sites for hydroxylation is 1. The van der Waals surface area contributed by atoms with Crippen LogP contribution in [0.25, 0.3) is 0 Å². The van der Waals surface area contributed by atoms with Crippen LogP contribution in [0.2, 0.25) is 0 Å². The maximum Gasteiger partial charge on any atom is 0.414 e. The lowest BCUT2D eigenvalue weighted by atomic mass is 10.0. The summed E-state index contributed by atoms with van der Waals surface area (Å²) in [6.07, 6.45) is -0.492. The molecule has 2 aromatic rings. The topological polar surface area (TPSA) is 83.3 Å². The summed E-state index contributed by atoms with van der Waals surface area (Å²) in [6.45, 7) is 11.5. The predicted molar refractivity (Wildman–Crippen MR) is 119 cm³/mol. The van der Waals surface area contributed by atoms with Gasteiger partial charge in [0.25, 0.3) is 0 Å². The van der Waals surface area contributed by atoms with E-state index in [0.29, 0.717) is 22.9 Å². The van der Waals surface area contributed by atoms with Crippen molar-refractivity contribution in [3.05, 3.63) is 41.0 Å². The van der Waals surface area contributed by atoms with Gasteiger partial charge in [0.1, 0.15) is 22.8 Å². The Morgan fingerprint density at radius 2 is 1.77 bits per heavy atom. The molecule has 0 fully saturated rings. The van der Waals surface area contributed by atoms with Gasteiger partial charge < -0.3 is 24.7 Å². The molecule has 30 heavy (non-hydrogen) atoms. The van der Waals surface area contributed by atoms with E-state index in [0.717, 1.165) is 22.4 Å². The lowest BCUT2D eigenvalue weighted by molar-refractivity contribution is 0.0500. The van der Waals surface area contributed by atoms with Crippen LogP contribution in [0.15, 0.2) is 24.3 Å². The number of amides is 1. The molecule has 7 nitrogen and oxygen atoms in total. The van der Waals surface area contributed by atoms with Gasteiger partial charge in [-0.05, 0) is 76.4 Å². The number of hydrogen-bond donors (Lipinski definition) is 1. The maximum atomic E-state index is 12.4. The van der Waals surface area contributed by atoms with Gasteiger partial charge in [-0.15, -0.1) is 0 Å². The summed E-state index contributed by atoms with van der Waals surface area (Å²) in [5, 5.41) is 0. The molecule has 0 aliphatic heterocycles. The van der Waals surface area contributed by atoms with E-state index < -0.39 is 11.7 Å². The third-order valence-corrected chi connectivity index (χ3v) is 4.56. The molecule has 164 valence electrons. The Bertz CT molecular complexity index is 919. The Labute approximate surface area is 178 Å². The van der Waals surface area contributed by atoms with Gasteiger partial charge in [0.15, 0.2) is 6.79 Å². The average molecular weight is 417 g/mol. The predicted octanol–water partition coefficient (Wildman–Crippen LogP) is 5.34. The minimum absolute atomic E-state index is 0.180. The van der Waals surface area contributed by atoms with E-state index in [4.69, 9.17) is 24.7 Å². The maximum absolute atomic E-state index is 12.4. The van der Waals surface area contributed by atoms with Crippen molar-refractivity contribution in [1.82, 2.24) is 0 Å². The Kier molecular flexibility index (Phi) is 7.21. The van der Waals surface area contributed by atoms with Crippen LogP contribution in [0.4, 0.5) is 16.2 Å². The highest BCUT2D eigenvalue weighted by Gasteiger charge is 2.22. The molecule has 0 saturated heterocycles. The molecule has 0 aromatic heterocycles. The van der Waals surface area contributed by atoms with Crippen molar-refractivity contribution < 1.29 is 23.7 Å². The number of carbonyl (C=O) groups excluding carboxylic acids is 1. The quantitative estimate of drug-likeness (QED) is 0.505. The van der Waals surface area contributed by atoms with Crippen molar-refractivity contribution in [3.8, 4) is 17.2 Å². The van der Waals surface area contributed by atoms with Gasteiger partial charge in [0.05, 0.1) is 11.4 Å². The number of benzene rings is 2. The molecule has 0 bridgehead atoms. The number of rotatable bonds is 6. The van der Waals surface area contributed by atoms with E-state index in [2.05, 4.69) is 0 Å². The molecule has 1 amide bonds. The molecule has 0 spiro atoms. The Balaban J connectivity index is 2.32. The summed E-state index contributed by atoms with van der Waals surface area (Å²) >= 11 is 0. The van der Waals surface area contributed by atoms with Gasteiger partial charge in [-0.2, -0.15) is 0 Å². The summed E-state index contributed by atoms with van der Waals surface area (Å²) in [4.78, 5) is 13.8. The molecule has 2 aromatic carbocycles. The third-order valence-electron chi connectivity index (χ3n) is 4.56. The fourth-order valence-electron chi connectivity index (χ4n) is 2.90. The van der Waals surface area contributed by atoms with Gasteiger partial charge in [-0.1, -0.05) is 0 Å². The van der Waals surface area contributed by atoms with Crippen molar-refractivity contribution in [3.63, 3.8) is 0 Å². The smallest absolute Gasteiger partial charge is 0.414 e. The zero-order chi connectivity index (χ0) is 22.6. The van der Waals surface area contributed by atoms with Crippen LogP contribution in [0, 0.1) is 20.8 Å². The summed E-state index contributed by atoms with van der Waals surface area (Å²) in [7, 11) is 3.20. The number of ether oxygens (including phenoxy) is 4. The zero-order valence-corrected chi connectivity index (χ0v) is 19.1. The number of nitrogens with two attached hydrogens (primary N) is 1. The number of hydrogen-bond acceptors (Lipinski definition) is 6. The molecule has 0 unspecified atom stereocenters. The molecule has 0 saturated carbocycles. The van der Waals surface area contributed by atoms with Crippen molar-refractivity contribution in [2.75, 3.05) is 31.6 Å². The number of nitrogens with zero attached hydrogens (tertiary/aromatic N) is 1. The summed E-state index contributed by atoms with van der Waals surface area (Å²) < 4.78 is 22.3. The molecule has 0 aliphatic rings. The van der Waals surface area contributed by atoms with E-state index in [-0.39, 0.29) is 6.79 Å². The summed E-state index contributed by atoms with van der Waals surface area (Å²) in [5.74, 6) is 2.04. The van der Waals surface area contributed by atoms with E-state index in [1.165, 1.54) is 4.90 Å². The van der Waals surface area contributed by atoms with Crippen molar-refractivity contribution in [2.24, 2.45) is 0 Å². The van der Waals surface area contributed by atoms with E-state index in [1.54, 1.807) is 32.4 Å². The molecule has 0 heterocycles. The standard InChI is InChI=1S/C23H32N2O5/c1-14-11-20(15(2)16(3)21(14)28-13-27-8)29-17-9-10-18(24)19(12-17)25(7)22(26)30-23(4,5)6/h9-12H,13,24H2,1-8H3. The second-order valence-corrected chi connectivity index (χ2v) is 8.18. The minimum Gasteiger partial charge on any atom is -0.467 e. The number of anilines is 2. The van der Waals surface area contributed by atoms with Crippen LogP contribution in [-0.4, -0.2) is 32.6 Å². The van der Waals surface area contributed by atoms with Gasteiger partial charge in [-0.3, -0.25) is 4.90 Å². The average Bonchev–Trinajstić information content (AvgIpc) is 2.65. The van der Waals surface area contributed by atoms with E-state index in [9.17, 15) is 4.79 Å². The van der Waals surface area contributed by atoms with Gasteiger partial charge >= 0.3 is 6.09 Å². The van der Waals surface area contributed by atoms with Crippen LogP contribution in [0.5, 0.6) is 17.2 Å². The molecule has 0 aliphatic carbocycles. The first kappa shape index (κ1) is 23.3. The van der Waals surface area contributed by atoms with Crippen LogP contribution < -0.4 is 20.1 Å². The van der Waals surface area contributed by atoms with Crippen LogP contribution >= 0.6 is 0 Å². The Hall–Kier alpha value is -2.93. The van der Waals surface area contributed by atoms with Gasteiger partial charge in [0, 0.05) is 20.2 Å². The van der Waals surface area contributed by atoms with Crippen LogP contribution in [0.1, 0.15) is 37.5 Å². The largest absolute Gasteiger partial charge is 0.467 e. The van der Waals surface area contributed by atoms with Crippen molar-refractivity contribution in [1.29, 1.82) is 0 Å². The number of nitrogen functional groups attached to an aromatic ring is 1. The SMILES string of the molecule is COCOc1c(C)cc(Oc2ccc(N)c(N(C)C(=O)OC(C)(C)C)c2)c(C)c1C. The number of methoxy groups -OCH3 is 1. The molecule has 2 rings (SSSR count). The minimum atomic E-state index is -0.604. The fraction of sp³-hybridized carbons (Fsp3) is 0.435. The fourth-order valence-corrected chi connectivity index (χ4v) is 2.90. The van der Waals surface area contributed by atoms with Crippen molar-refractivity contribution in [2.45, 2.75) is 47.1 Å². The van der Waals surface area contributed by atoms with Gasteiger partial charge in [0.2, 0.25) is 0 Å². The number of carbonyl (C=O) groups is 1. The summed E-state index contributed by atoms with van der Waals surface area (Å²) in [6, 6.07) is 7.11. The molecule has 7 heteroatoms. The molecule has 0 atom stereocenters. The monoisotopic (exact) mass is 416 g/mol.